The van der Waals surface area contributed by atoms with Crippen LogP contribution in [0.25, 0.3) is 0 Å². The summed E-state index contributed by atoms with van der Waals surface area (Å²) in [6.07, 6.45) is -4.18. The fourth-order valence-electron chi connectivity index (χ4n) is 1.07. The molecule has 0 spiro atoms. The minimum Gasteiger partial charge on any atom is -0.405 e. The van der Waals surface area contributed by atoms with Crippen molar-refractivity contribution in [2.45, 2.75) is 6.36 Å². The summed E-state index contributed by atoms with van der Waals surface area (Å²) in [6.45, 7) is 0. The molecular weight excluding hydrogens is 355 g/mol. The van der Waals surface area contributed by atoms with E-state index in [1.165, 1.54) is 0 Å². The number of halogens is 4. The van der Waals surface area contributed by atoms with Gasteiger partial charge in [-0.15, -0.1) is 13.2 Å². The van der Waals surface area contributed by atoms with Crippen LogP contribution in [-0.4, -0.2) is 26.9 Å². The molecule has 5 nitrogen and oxygen atoms in total. The van der Waals surface area contributed by atoms with Crippen molar-refractivity contribution in [1.29, 1.82) is 0 Å². The molecule has 0 bridgehead atoms. The number of sulfonamides is 1. The summed E-state index contributed by atoms with van der Waals surface area (Å²) in [4.78, 5) is 11.4. The molecule has 106 valence electrons. The van der Waals surface area contributed by atoms with Gasteiger partial charge < -0.3 is 4.74 Å². The van der Waals surface area contributed by atoms with Crippen LogP contribution in [0.5, 0.6) is 5.75 Å². The molecule has 0 unspecified atom stereocenters. The van der Waals surface area contributed by atoms with E-state index in [-0.39, 0.29) is 10.0 Å². The molecule has 0 aliphatic heterocycles. The molecule has 0 aromatic heterocycles. The average molecular weight is 362 g/mol. The van der Waals surface area contributed by atoms with Crippen molar-refractivity contribution < 1.29 is 31.1 Å². The highest BCUT2D eigenvalue weighted by Crippen LogP contribution is 2.31. The van der Waals surface area contributed by atoms with E-state index >= 15 is 0 Å². The van der Waals surface area contributed by atoms with Gasteiger partial charge in [0.25, 0.3) is 5.91 Å². The smallest absolute Gasteiger partial charge is 0.405 e. The van der Waals surface area contributed by atoms with Crippen molar-refractivity contribution >= 4 is 31.9 Å². The lowest BCUT2D eigenvalue weighted by atomic mass is 10.2. The molecule has 0 atom stereocenters. The van der Waals surface area contributed by atoms with Crippen LogP contribution < -0.4 is 9.46 Å². The first-order chi connectivity index (χ1) is 8.48. The number of benzene rings is 1. The second-order valence-corrected chi connectivity index (χ2v) is 6.00. The van der Waals surface area contributed by atoms with Gasteiger partial charge in [0.05, 0.1) is 10.7 Å². The molecular formula is C9H7BrF3NO4S. The Labute approximate surface area is 114 Å². The first kappa shape index (κ1) is 15.8. The van der Waals surface area contributed by atoms with E-state index < -0.39 is 28.0 Å². The predicted octanol–water partition coefficient (Wildman–Crippen LogP) is 2.04. The number of amides is 1. The van der Waals surface area contributed by atoms with Gasteiger partial charge >= 0.3 is 6.36 Å². The number of nitrogens with one attached hydrogen (secondary N) is 1. The number of hydrogen-bond acceptors (Lipinski definition) is 4. The molecule has 19 heavy (non-hydrogen) atoms. The van der Waals surface area contributed by atoms with Crippen LogP contribution >= 0.6 is 15.9 Å². The second-order valence-electron chi connectivity index (χ2n) is 3.40. The zero-order valence-electron chi connectivity index (χ0n) is 9.29. The molecule has 1 rings (SSSR count). The Balaban J connectivity index is 3.06. The maximum Gasteiger partial charge on any atom is 0.573 e. The van der Waals surface area contributed by atoms with Gasteiger partial charge in [-0.2, -0.15) is 0 Å². The zero-order valence-corrected chi connectivity index (χ0v) is 11.7. The predicted molar refractivity (Wildman–Crippen MR) is 63.1 cm³/mol. The number of carbonyl (C=O) groups excluding carboxylic acids is 1. The van der Waals surface area contributed by atoms with Gasteiger partial charge in [-0.3, -0.25) is 4.79 Å². The van der Waals surface area contributed by atoms with Crippen molar-refractivity contribution in [2.24, 2.45) is 0 Å². The third-order valence-electron chi connectivity index (χ3n) is 1.70. The Morgan fingerprint density at radius 1 is 1.37 bits per heavy atom. The zero-order chi connectivity index (χ0) is 14.8. The molecule has 1 aromatic carbocycles. The first-order valence-corrected chi connectivity index (χ1v) is 7.24. The van der Waals surface area contributed by atoms with E-state index in [0.717, 1.165) is 24.5 Å². The number of alkyl halides is 3. The lowest BCUT2D eigenvalue weighted by Gasteiger charge is -2.11. The molecule has 10 heteroatoms. The molecule has 0 saturated heterocycles. The normalized spacial score (nSPS) is 12.1. The molecule has 0 saturated carbocycles. The Morgan fingerprint density at radius 2 is 1.95 bits per heavy atom. The van der Waals surface area contributed by atoms with Gasteiger partial charge in [-0.05, 0) is 34.1 Å². The Bertz CT molecular complexity index is 600. The van der Waals surface area contributed by atoms with Crippen molar-refractivity contribution in [3.05, 3.63) is 28.2 Å². The van der Waals surface area contributed by atoms with E-state index in [4.69, 9.17) is 0 Å². The van der Waals surface area contributed by atoms with E-state index in [0.29, 0.717) is 0 Å². The van der Waals surface area contributed by atoms with E-state index in [9.17, 15) is 26.4 Å². The van der Waals surface area contributed by atoms with Crippen LogP contribution in [0.1, 0.15) is 10.4 Å². The van der Waals surface area contributed by atoms with Crippen LogP contribution in [0.3, 0.4) is 0 Å². The second kappa shape index (κ2) is 5.37. The third kappa shape index (κ3) is 5.47. The quantitative estimate of drug-likeness (QED) is 0.893. The molecule has 0 fully saturated rings. The van der Waals surface area contributed by atoms with Gasteiger partial charge in [-0.25, -0.2) is 13.1 Å². The lowest BCUT2D eigenvalue weighted by molar-refractivity contribution is -0.274. The third-order valence-corrected chi connectivity index (χ3v) is 2.91. The van der Waals surface area contributed by atoms with Gasteiger partial charge in [0.2, 0.25) is 10.0 Å². The SMILES string of the molecule is CS(=O)(=O)NC(=O)c1ccc(Br)c(OC(F)(F)F)c1. The van der Waals surface area contributed by atoms with Crippen molar-refractivity contribution in [2.75, 3.05) is 6.26 Å². The topological polar surface area (TPSA) is 72.5 Å². The van der Waals surface area contributed by atoms with E-state index in [1.807, 2.05) is 0 Å². The Kier molecular flexibility index (Phi) is 4.46. The summed E-state index contributed by atoms with van der Waals surface area (Å²) < 4.78 is 63.2. The monoisotopic (exact) mass is 361 g/mol. The number of ether oxygens (including phenoxy) is 1. The van der Waals surface area contributed by atoms with Crippen LogP contribution in [0.15, 0.2) is 22.7 Å². The average Bonchev–Trinajstić information content (AvgIpc) is 2.16. The van der Waals surface area contributed by atoms with Crippen LogP contribution in [0.4, 0.5) is 13.2 Å². The fraction of sp³-hybridized carbons (Fsp3) is 0.222. The molecule has 0 aliphatic rings. The van der Waals surface area contributed by atoms with Gasteiger partial charge in [0.15, 0.2) is 0 Å². The molecule has 0 aliphatic carbocycles. The number of hydrogen-bond donors (Lipinski definition) is 1. The molecule has 0 radical (unpaired) electrons. The summed E-state index contributed by atoms with van der Waals surface area (Å²) in [5.41, 5.74) is -0.284. The van der Waals surface area contributed by atoms with Crippen LogP contribution in [0, 0.1) is 0 Å². The molecule has 1 aromatic rings. The van der Waals surface area contributed by atoms with Gasteiger partial charge in [0.1, 0.15) is 5.75 Å². The van der Waals surface area contributed by atoms with E-state index in [2.05, 4.69) is 20.7 Å². The summed E-state index contributed by atoms with van der Waals surface area (Å²) >= 11 is 2.82. The van der Waals surface area contributed by atoms with E-state index in [1.54, 1.807) is 4.72 Å². The highest BCUT2D eigenvalue weighted by molar-refractivity contribution is 9.10. The highest BCUT2D eigenvalue weighted by Gasteiger charge is 2.32. The summed E-state index contributed by atoms with van der Waals surface area (Å²) in [5.74, 6) is -1.70. The maximum atomic E-state index is 12.1. The number of carbonyl (C=O) groups is 1. The van der Waals surface area contributed by atoms with Crippen molar-refractivity contribution in [1.82, 2.24) is 4.72 Å². The van der Waals surface area contributed by atoms with Crippen molar-refractivity contribution in [3.8, 4) is 5.75 Å². The standard InChI is InChI=1S/C9H7BrF3NO4S/c1-19(16,17)14-8(15)5-2-3-6(10)7(4-5)18-9(11,12)13/h2-4H,1H3,(H,14,15). The van der Waals surface area contributed by atoms with Gasteiger partial charge in [0, 0.05) is 5.56 Å². The number of rotatable bonds is 3. The Morgan fingerprint density at radius 3 is 2.42 bits per heavy atom. The largest absolute Gasteiger partial charge is 0.573 e. The van der Waals surface area contributed by atoms with Gasteiger partial charge in [-0.1, -0.05) is 0 Å². The minimum atomic E-state index is -4.92. The van der Waals surface area contributed by atoms with Crippen LogP contribution in [0.2, 0.25) is 0 Å². The van der Waals surface area contributed by atoms with Crippen LogP contribution in [-0.2, 0) is 10.0 Å². The highest BCUT2D eigenvalue weighted by atomic mass is 79.9. The Hall–Kier alpha value is -1.29. The molecule has 1 N–H and O–H groups in total. The summed E-state index contributed by atoms with van der Waals surface area (Å²) in [7, 11) is -3.80. The summed E-state index contributed by atoms with van der Waals surface area (Å²) in [5, 5.41) is 0. The molecule has 1 amide bonds. The van der Waals surface area contributed by atoms with Crippen molar-refractivity contribution in [3.63, 3.8) is 0 Å². The fourth-order valence-corrected chi connectivity index (χ4v) is 1.86. The first-order valence-electron chi connectivity index (χ1n) is 4.55. The summed E-state index contributed by atoms with van der Waals surface area (Å²) in [6, 6.07) is 3.06. The maximum absolute atomic E-state index is 12.1. The molecule has 0 heterocycles. The lowest BCUT2D eigenvalue weighted by Crippen LogP contribution is -2.29. The minimum absolute atomic E-state index is 0.0271.